The molecule has 0 amide bonds. The van der Waals surface area contributed by atoms with E-state index < -0.39 is 17.6 Å². The standard InChI is InChI=1S/C6H15O2Si3/c1-6-9-7-11(4,5)8-10(2)3/h6H,1H2,2-5H3. The Morgan fingerprint density at radius 3 is 2.36 bits per heavy atom. The second kappa shape index (κ2) is 5.04. The molecule has 0 saturated carbocycles. The van der Waals surface area contributed by atoms with E-state index in [1.807, 2.05) is 0 Å². The minimum absolute atomic E-state index is 0.383. The SMILES string of the molecule is C=C[Si]O[Si](C)(C)O[Si](C)C. The summed E-state index contributed by atoms with van der Waals surface area (Å²) in [5.41, 5.74) is 1.79. The molecule has 5 heteroatoms. The third-order valence-electron chi connectivity index (χ3n) is 0.838. The van der Waals surface area contributed by atoms with Crippen LogP contribution in [0.1, 0.15) is 0 Å². The van der Waals surface area contributed by atoms with Crippen molar-refractivity contribution in [1.82, 2.24) is 0 Å². The minimum atomic E-state index is -1.80. The summed E-state index contributed by atoms with van der Waals surface area (Å²) >= 11 is 0. The lowest BCUT2D eigenvalue weighted by molar-refractivity contribution is 0.424. The third-order valence-corrected chi connectivity index (χ3v) is 7.04. The highest BCUT2D eigenvalue weighted by Gasteiger charge is 2.24. The zero-order valence-corrected chi connectivity index (χ0v) is 10.6. The lowest BCUT2D eigenvalue weighted by Crippen LogP contribution is -2.39. The number of hydrogen-bond donors (Lipinski definition) is 0. The van der Waals surface area contributed by atoms with E-state index in [1.165, 1.54) is 0 Å². The Morgan fingerprint density at radius 1 is 1.45 bits per heavy atom. The first-order valence-electron chi connectivity index (χ1n) is 3.51. The first-order chi connectivity index (χ1) is 4.98. The lowest BCUT2D eigenvalue weighted by Gasteiger charge is -2.24. The van der Waals surface area contributed by atoms with Crippen LogP contribution >= 0.6 is 0 Å². The van der Waals surface area contributed by atoms with E-state index in [1.54, 1.807) is 5.70 Å². The van der Waals surface area contributed by atoms with Crippen LogP contribution in [-0.4, -0.2) is 27.4 Å². The van der Waals surface area contributed by atoms with Crippen LogP contribution in [0.15, 0.2) is 12.3 Å². The van der Waals surface area contributed by atoms with Gasteiger partial charge in [-0.05, 0) is 26.2 Å². The van der Waals surface area contributed by atoms with Gasteiger partial charge < -0.3 is 8.23 Å². The smallest absolute Gasteiger partial charge is 0.311 e. The van der Waals surface area contributed by atoms with Gasteiger partial charge in [0.2, 0.25) is 9.76 Å². The Kier molecular flexibility index (Phi) is 5.19. The van der Waals surface area contributed by atoms with Gasteiger partial charge in [0.05, 0.1) is 0 Å². The fourth-order valence-corrected chi connectivity index (χ4v) is 6.64. The average molecular weight is 203 g/mol. The highest BCUT2D eigenvalue weighted by Crippen LogP contribution is 2.06. The molecule has 11 heavy (non-hydrogen) atoms. The molecule has 0 aromatic rings. The molecule has 63 valence electrons. The highest BCUT2D eigenvalue weighted by molar-refractivity contribution is 6.76. The number of rotatable bonds is 5. The van der Waals surface area contributed by atoms with E-state index in [-0.39, 0.29) is 0 Å². The Labute approximate surface area is 74.5 Å². The van der Waals surface area contributed by atoms with Crippen LogP contribution in [-0.2, 0) is 8.23 Å². The van der Waals surface area contributed by atoms with Gasteiger partial charge in [-0.3, -0.25) is 0 Å². The van der Waals surface area contributed by atoms with E-state index in [0.717, 1.165) is 0 Å². The molecule has 0 N–H and O–H groups in total. The van der Waals surface area contributed by atoms with Gasteiger partial charge >= 0.3 is 8.56 Å². The van der Waals surface area contributed by atoms with Gasteiger partial charge in [0.25, 0.3) is 0 Å². The molecule has 0 aliphatic carbocycles. The Balaban J connectivity index is 3.69. The summed E-state index contributed by atoms with van der Waals surface area (Å²) in [6, 6.07) is 0. The minimum Gasteiger partial charge on any atom is -0.437 e. The second-order valence-corrected chi connectivity index (χ2v) is 9.73. The Morgan fingerprint density at radius 2 is 2.00 bits per heavy atom. The monoisotopic (exact) mass is 203 g/mol. The summed E-state index contributed by atoms with van der Waals surface area (Å²) in [6.45, 7) is 12.0. The van der Waals surface area contributed by atoms with E-state index in [2.05, 4.69) is 32.8 Å². The van der Waals surface area contributed by atoms with Gasteiger partial charge in [-0.1, -0.05) is 5.70 Å². The molecule has 0 bridgehead atoms. The molecular weight excluding hydrogens is 188 g/mol. The largest absolute Gasteiger partial charge is 0.437 e. The van der Waals surface area contributed by atoms with Crippen molar-refractivity contribution in [3.8, 4) is 0 Å². The van der Waals surface area contributed by atoms with Gasteiger partial charge in [0.15, 0.2) is 9.04 Å². The molecule has 2 nitrogen and oxygen atoms in total. The third kappa shape index (κ3) is 6.70. The van der Waals surface area contributed by atoms with Crippen LogP contribution in [0.25, 0.3) is 0 Å². The molecule has 0 aromatic carbocycles. The predicted octanol–water partition coefficient (Wildman–Crippen LogP) is 1.74. The maximum Gasteiger partial charge on any atom is 0.311 e. The summed E-state index contributed by atoms with van der Waals surface area (Å²) in [6.07, 6.45) is 0. The molecule has 0 aliphatic rings. The molecule has 0 saturated heterocycles. The molecule has 0 aliphatic heterocycles. The summed E-state index contributed by atoms with van der Waals surface area (Å²) in [5.74, 6) is 0. The van der Waals surface area contributed by atoms with Crippen LogP contribution in [0, 0.1) is 0 Å². The van der Waals surface area contributed by atoms with Crippen molar-refractivity contribution in [2.24, 2.45) is 0 Å². The normalized spacial score (nSPS) is 12.1. The topological polar surface area (TPSA) is 18.5 Å². The quantitative estimate of drug-likeness (QED) is 0.634. The van der Waals surface area contributed by atoms with Crippen LogP contribution in [0.2, 0.25) is 26.2 Å². The fraction of sp³-hybridized carbons (Fsp3) is 0.667. The average Bonchev–Trinajstić information content (AvgIpc) is 1.81. The Hall–Kier alpha value is 0.311. The molecule has 0 heterocycles. The molecule has 0 rings (SSSR count). The van der Waals surface area contributed by atoms with E-state index in [9.17, 15) is 0 Å². The summed E-state index contributed by atoms with van der Waals surface area (Å²) in [7, 11) is -2.03. The summed E-state index contributed by atoms with van der Waals surface area (Å²) < 4.78 is 11.3. The van der Waals surface area contributed by atoms with E-state index in [0.29, 0.717) is 9.76 Å². The van der Waals surface area contributed by atoms with Crippen molar-refractivity contribution in [3.05, 3.63) is 12.3 Å². The van der Waals surface area contributed by atoms with Gasteiger partial charge in [0, 0.05) is 0 Å². The first-order valence-corrected chi connectivity index (χ1v) is 9.72. The molecule has 0 unspecified atom stereocenters. The van der Waals surface area contributed by atoms with Gasteiger partial charge in [-0.25, -0.2) is 0 Å². The Bertz CT molecular complexity index is 125. The van der Waals surface area contributed by atoms with Crippen LogP contribution in [0.4, 0.5) is 0 Å². The second-order valence-electron chi connectivity index (χ2n) is 2.83. The zero-order chi connectivity index (χ0) is 8.91. The molecule has 3 radical (unpaired) electrons. The maximum absolute atomic E-state index is 5.72. The van der Waals surface area contributed by atoms with Crippen molar-refractivity contribution in [1.29, 1.82) is 0 Å². The summed E-state index contributed by atoms with van der Waals surface area (Å²) in [4.78, 5) is 0. The first kappa shape index (κ1) is 11.3. The lowest BCUT2D eigenvalue weighted by atomic mass is 11.3. The van der Waals surface area contributed by atoms with Crippen LogP contribution in [0.3, 0.4) is 0 Å². The molecular formula is C6H15O2Si3. The molecule has 0 fully saturated rings. The molecule has 0 aromatic heterocycles. The van der Waals surface area contributed by atoms with Crippen molar-refractivity contribution in [2.75, 3.05) is 0 Å². The van der Waals surface area contributed by atoms with Crippen molar-refractivity contribution in [3.63, 3.8) is 0 Å². The highest BCUT2D eigenvalue weighted by atomic mass is 28.4. The maximum atomic E-state index is 5.72. The van der Waals surface area contributed by atoms with Crippen LogP contribution < -0.4 is 0 Å². The fourth-order valence-electron chi connectivity index (χ4n) is 0.696. The van der Waals surface area contributed by atoms with Gasteiger partial charge in [0.1, 0.15) is 0 Å². The molecule has 0 spiro atoms. The van der Waals surface area contributed by atoms with E-state index in [4.69, 9.17) is 8.23 Å². The van der Waals surface area contributed by atoms with Crippen molar-refractivity contribution >= 4 is 27.4 Å². The zero-order valence-electron chi connectivity index (χ0n) is 7.60. The molecule has 0 atom stereocenters. The van der Waals surface area contributed by atoms with Crippen LogP contribution in [0.5, 0.6) is 0 Å². The predicted molar refractivity (Wildman–Crippen MR) is 53.1 cm³/mol. The van der Waals surface area contributed by atoms with E-state index >= 15 is 0 Å². The van der Waals surface area contributed by atoms with Gasteiger partial charge in [-0.15, -0.1) is 6.58 Å². The van der Waals surface area contributed by atoms with Crippen molar-refractivity contribution < 1.29 is 8.23 Å². The number of hydrogen-bond acceptors (Lipinski definition) is 2. The van der Waals surface area contributed by atoms with Gasteiger partial charge in [-0.2, -0.15) is 0 Å². The van der Waals surface area contributed by atoms with Crippen molar-refractivity contribution in [2.45, 2.75) is 26.2 Å². The summed E-state index contributed by atoms with van der Waals surface area (Å²) in [5, 5.41) is 0.